The fourth-order valence-corrected chi connectivity index (χ4v) is 5.96. The van der Waals surface area contributed by atoms with E-state index in [-0.39, 0.29) is 6.10 Å². The van der Waals surface area contributed by atoms with E-state index in [0.29, 0.717) is 6.61 Å². The van der Waals surface area contributed by atoms with Gasteiger partial charge in [-0.05, 0) is 26.7 Å². The zero-order valence-electron chi connectivity index (χ0n) is 17.7. The van der Waals surface area contributed by atoms with Crippen molar-refractivity contribution >= 4 is 17.7 Å². The van der Waals surface area contributed by atoms with Crippen LogP contribution in [0.3, 0.4) is 0 Å². The first-order valence-electron chi connectivity index (χ1n) is 9.97. The maximum Gasteiger partial charge on any atom is 0.339 e. The van der Waals surface area contributed by atoms with E-state index in [1.54, 1.807) is 0 Å². The molecule has 160 valence electrons. The molecule has 0 aromatic heterocycles. The highest BCUT2D eigenvalue weighted by Gasteiger charge is 2.91. The minimum absolute atomic E-state index is 0.318. The highest BCUT2D eigenvalue weighted by Crippen LogP contribution is 2.74. The Kier molecular flexibility index (Phi) is 4.33. The number of ketones is 1. The van der Waals surface area contributed by atoms with Crippen molar-refractivity contribution < 1.29 is 38.4 Å². The Morgan fingerprint density at radius 1 is 1.14 bits per heavy atom. The molecule has 2 saturated heterocycles. The van der Waals surface area contributed by atoms with Gasteiger partial charge in [-0.3, -0.25) is 14.5 Å². The molecule has 4 rings (SSSR count). The molecule has 0 amide bonds. The smallest absolute Gasteiger partial charge is 0.339 e. The maximum atomic E-state index is 13.1. The molecule has 3 fully saturated rings. The second-order valence-corrected chi connectivity index (χ2v) is 9.24. The van der Waals surface area contributed by atoms with Crippen LogP contribution in [0, 0.1) is 10.8 Å². The number of ether oxygens (including phenoxy) is 3. The lowest BCUT2D eigenvalue weighted by Gasteiger charge is -2.56. The van der Waals surface area contributed by atoms with Crippen molar-refractivity contribution in [1.82, 2.24) is 0 Å². The lowest BCUT2D eigenvalue weighted by atomic mass is 9.52. The molecule has 7 atom stereocenters. The number of rotatable bonds is 4. The standard InChI is InChI=1S/C21H28O8/c1-11-7-8-18(5)15(9-11)27-17-20(10-25-20)19(18,6)16(26-13(3)23)21(17,12(2)22)29-28-14(4)24/h9,15-17H,7-8,10H2,1-6H3/t15-,16?,17+,18+,19-,20+,21-/m1/s1. The molecule has 8 nitrogen and oxygen atoms in total. The third kappa shape index (κ3) is 2.33. The first-order valence-corrected chi connectivity index (χ1v) is 9.97. The Balaban J connectivity index is 1.95. The van der Waals surface area contributed by atoms with Crippen LogP contribution in [-0.2, 0) is 38.4 Å². The van der Waals surface area contributed by atoms with Crippen LogP contribution in [0.5, 0.6) is 0 Å². The molecule has 2 aliphatic carbocycles. The molecule has 0 N–H and O–H groups in total. The van der Waals surface area contributed by atoms with E-state index in [4.69, 9.17) is 24.0 Å². The molecule has 8 heteroatoms. The van der Waals surface area contributed by atoms with Gasteiger partial charge in [0.15, 0.2) is 11.9 Å². The van der Waals surface area contributed by atoms with Gasteiger partial charge in [0.1, 0.15) is 11.7 Å². The molecule has 2 aliphatic heterocycles. The van der Waals surface area contributed by atoms with Gasteiger partial charge in [-0.2, -0.15) is 4.89 Å². The number of allylic oxidation sites excluding steroid dienone is 1. The SMILES string of the molecule is CC(=O)OO[C@]1(C(C)=O)C(OC(C)=O)[C@]2(C)[C@@]3(C)CCC(C)=C[C@H]3O[C@H]1[C@@]21CO1. The summed E-state index contributed by atoms with van der Waals surface area (Å²) in [5.74, 6) is -1.72. The van der Waals surface area contributed by atoms with Gasteiger partial charge in [0.25, 0.3) is 0 Å². The molecule has 0 aromatic carbocycles. The Bertz CT molecular complexity index is 813. The van der Waals surface area contributed by atoms with Gasteiger partial charge in [0, 0.05) is 19.3 Å². The van der Waals surface area contributed by atoms with Gasteiger partial charge in [-0.15, -0.1) is 0 Å². The zero-order valence-corrected chi connectivity index (χ0v) is 17.7. The van der Waals surface area contributed by atoms with Crippen molar-refractivity contribution in [2.45, 2.75) is 83.9 Å². The van der Waals surface area contributed by atoms with E-state index in [1.807, 2.05) is 13.8 Å². The van der Waals surface area contributed by atoms with Crippen molar-refractivity contribution in [3.05, 3.63) is 11.6 Å². The number of fused-ring (bicyclic) bond motifs is 2. The van der Waals surface area contributed by atoms with Crippen molar-refractivity contribution in [3.63, 3.8) is 0 Å². The monoisotopic (exact) mass is 408 g/mol. The van der Waals surface area contributed by atoms with Gasteiger partial charge in [-0.25, -0.2) is 4.79 Å². The summed E-state index contributed by atoms with van der Waals surface area (Å²) in [6, 6.07) is 0. The number of hydrogen-bond donors (Lipinski definition) is 0. The molecule has 2 heterocycles. The van der Waals surface area contributed by atoms with E-state index < -0.39 is 52.0 Å². The summed E-state index contributed by atoms with van der Waals surface area (Å²) in [5.41, 5.74) is -2.78. The van der Waals surface area contributed by atoms with E-state index in [1.165, 1.54) is 26.3 Å². The van der Waals surface area contributed by atoms with Crippen LogP contribution in [-0.4, -0.2) is 53.8 Å². The van der Waals surface area contributed by atoms with Crippen LogP contribution in [0.1, 0.15) is 54.4 Å². The molecular weight excluding hydrogens is 380 g/mol. The molecule has 1 unspecified atom stereocenters. The van der Waals surface area contributed by atoms with Gasteiger partial charge in [0.05, 0.1) is 18.1 Å². The second kappa shape index (κ2) is 6.12. The Hall–Kier alpha value is -1.77. The molecule has 0 aromatic rings. The van der Waals surface area contributed by atoms with Crippen molar-refractivity contribution in [1.29, 1.82) is 0 Å². The number of carbonyl (C=O) groups excluding carboxylic acids is 3. The maximum absolute atomic E-state index is 13.1. The molecule has 1 saturated carbocycles. The van der Waals surface area contributed by atoms with Gasteiger partial charge >= 0.3 is 11.9 Å². The summed E-state index contributed by atoms with van der Waals surface area (Å²) in [7, 11) is 0. The van der Waals surface area contributed by atoms with Crippen LogP contribution in [0.4, 0.5) is 0 Å². The summed E-state index contributed by atoms with van der Waals surface area (Å²) in [4.78, 5) is 47.2. The summed E-state index contributed by atoms with van der Waals surface area (Å²) in [6.07, 6.45) is 1.45. The quantitative estimate of drug-likeness (QED) is 0.229. The summed E-state index contributed by atoms with van der Waals surface area (Å²) >= 11 is 0. The third-order valence-corrected chi connectivity index (χ3v) is 7.76. The van der Waals surface area contributed by atoms with Gasteiger partial charge in [0.2, 0.25) is 5.60 Å². The van der Waals surface area contributed by atoms with Gasteiger partial charge in [-0.1, -0.05) is 25.5 Å². The fraction of sp³-hybridized carbons (Fsp3) is 0.762. The van der Waals surface area contributed by atoms with E-state index in [0.717, 1.165) is 12.8 Å². The molecule has 2 bridgehead atoms. The van der Waals surface area contributed by atoms with Crippen LogP contribution in [0.15, 0.2) is 11.6 Å². The molecule has 1 spiro atoms. The first-order chi connectivity index (χ1) is 13.5. The predicted molar refractivity (Wildman–Crippen MR) is 98.4 cm³/mol. The molecule has 0 radical (unpaired) electrons. The Morgan fingerprint density at radius 3 is 2.31 bits per heavy atom. The third-order valence-electron chi connectivity index (χ3n) is 7.76. The normalized spacial score (nSPS) is 47.2. The number of carbonyl (C=O) groups is 3. The minimum atomic E-state index is -1.81. The van der Waals surface area contributed by atoms with Crippen LogP contribution in [0.2, 0.25) is 0 Å². The lowest BCUT2D eigenvalue weighted by molar-refractivity contribution is -0.351. The fourth-order valence-electron chi connectivity index (χ4n) is 5.96. The van der Waals surface area contributed by atoms with Crippen molar-refractivity contribution in [3.8, 4) is 0 Å². The topological polar surface area (TPSA) is 101 Å². The van der Waals surface area contributed by atoms with Crippen LogP contribution >= 0.6 is 0 Å². The number of epoxide rings is 1. The Labute approximate surface area is 169 Å². The number of esters is 1. The summed E-state index contributed by atoms with van der Waals surface area (Å²) < 4.78 is 18.3. The highest BCUT2D eigenvalue weighted by atomic mass is 17.2. The first kappa shape index (κ1) is 20.5. The zero-order chi connectivity index (χ0) is 21.4. The predicted octanol–water partition coefficient (Wildman–Crippen LogP) is 2.04. The largest absolute Gasteiger partial charge is 0.458 e. The average molecular weight is 408 g/mol. The second-order valence-electron chi connectivity index (χ2n) is 9.24. The highest BCUT2D eigenvalue weighted by molar-refractivity contribution is 5.89. The van der Waals surface area contributed by atoms with E-state index in [9.17, 15) is 14.4 Å². The summed E-state index contributed by atoms with van der Waals surface area (Å²) in [6.45, 7) is 10.2. The van der Waals surface area contributed by atoms with E-state index >= 15 is 0 Å². The number of Topliss-reactive ketones (excluding diaryl/α,β-unsaturated/α-hetero) is 1. The molecule has 4 aliphatic rings. The van der Waals surface area contributed by atoms with E-state index in [2.05, 4.69) is 13.0 Å². The van der Waals surface area contributed by atoms with Gasteiger partial charge < -0.3 is 14.2 Å². The van der Waals surface area contributed by atoms with Crippen molar-refractivity contribution in [2.24, 2.45) is 10.8 Å². The van der Waals surface area contributed by atoms with Crippen LogP contribution < -0.4 is 0 Å². The number of hydrogen-bond acceptors (Lipinski definition) is 8. The molecule has 29 heavy (non-hydrogen) atoms. The Morgan fingerprint density at radius 2 is 1.79 bits per heavy atom. The average Bonchev–Trinajstić information content (AvgIpc) is 3.39. The lowest BCUT2D eigenvalue weighted by Crippen LogP contribution is -2.63. The molecular formula is C21H28O8. The van der Waals surface area contributed by atoms with Crippen LogP contribution in [0.25, 0.3) is 0 Å². The summed E-state index contributed by atoms with van der Waals surface area (Å²) in [5, 5.41) is 0. The van der Waals surface area contributed by atoms with Crippen molar-refractivity contribution in [2.75, 3.05) is 6.61 Å². The minimum Gasteiger partial charge on any atom is -0.458 e.